The van der Waals surface area contributed by atoms with E-state index in [-0.39, 0.29) is 12.5 Å². The molecule has 0 N–H and O–H groups in total. The fourth-order valence-corrected chi connectivity index (χ4v) is 4.16. The average molecular weight is 398 g/mol. The maximum Gasteiger partial charge on any atom is 0.263 e. The molecule has 6 nitrogen and oxygen atoms in total. The molecule has 0 saturated carbocycles. The number of nitrogens with zero attached hydrogens (tertiary/aromatic N) is 3. The summed E-state index contributed by atoms with van der Waals surface area (Å²) in [6.45, 7) is 2.03. The van der Waals surface area contributed by atoms with Crippen molar-refractivity contribution in [3.63, 3.8) is 0 Å². The van der Waals surface area contributed by atoms with E-state index in [1.54, 1.807) is 30.2 Å². The van der Waals surface area contributed by atoms with Crippen LogP contribution in [0.5, 0.6) is 5.75 Å². The van der Waals surface area contributed by atoms with E-state index in [0.717, 1.165) is 23.5 Å². The first-order valence-electron chi connectivity index (χ1n) is 9.50. The van der Waals surface area contributed by atoms with Gasteiger partial charge in [0.25, 0.3) is 5.91 Å². The van der Waals surface area contributed by atoms with Crippen molar-refractivity contribution in [1.29, 1.82) is 0 Å². The molecule has 2 aromatic heterocycles. The fourth-order valence-electron chi connectivity index (χ4n) is 3.51. The maximum absolute atomic E-state index is 12.8. The molecule has 7 heteroatoms. The fraction of sp³-hybridized carbons (Fsp3) is 0.381. The number of rotatable bonds is 6. The molecular formula is C21H23N3O3S. The van der Waals surface area contributed by atoms with Crippen LogP contribution in [0.25, 0.3) is 10.7 Å². The molecule has 1 aliphatic rings. The van der Waals surface area contributed by atoms with Crippen LogP contribution in [-0.4, -0.2) is 34.1 Å². The van der Waals surface area contributed by atoms with E-state index >= 15 is 0 Å². The number of fused-ring (bicyclic) bond motifs is 1. The molecule has 4 rings (SSSR count). The number of benzene rings is 1. The van der Waals surface area contributed by atoms with E-state index in [2.05, 4.69) is 16.2 Å². The number of ether oxygens (including phenoxy) is 1. The van der Waals surface area contributed by atoms with Crippen LogP contribution in [0.2, 0.25) is 0 Å². The molecule has 0 radical (unpaired) electrons. The van der Waals surface area contributed by atoms with Crippen molar-refractivity contribution in [3.8, 4) is 16.5 Å². The maximum atomic E-state index is 12.8. The molecule has 1 aliphatic carbocycles. The Morgan fingerprint density at radius 3 is 2.96 bits per heavy atom. The van der Waals surface area contributed by atoms with Gasteiger partial charge in [-0.25, -0.2) is 0 Å². The number of carbonyl (C=O) groups excluding carboxylic acids is 1. The summed E-state index contributed by atoms with van der Waals surface area (Å²) in [7, 11) is 1.72. The van der Waals surface area contributed by atoms with Crippen LogP contribution in [0, 0.1) is 0 Å². The highest BCUT2D eigenvalue weighted by Crippen LogP contribution is 2.30. The van der Waals surface area contributed by atoms with E-state index < -0.39 is 6.10 Å². The minimum atomic E-state index is -0.585. The Morgan fingerprint density at radius 1 is 1.29 bits per heavy atom. The summed E-state index contributed by atoms with van der Waals surface area (Å²) in [4.78, 5) is 19.6. The summed E-state index contributed by atoms with van der Waals surface area (Å²) >= 11 is 1.55. The lowest BCUT2D eigenvalue weighted by atomic mass is 9.91. The predicted molar refractivity (Wildman–Crippen MR) is 107 cm³/mol. The largest absolute Gasteiger partial charge is 0.481 e. The van der Waals surface area contributed by atoms with Gasteiger partial charge in [-0.15, -0.1) is 11.3 Å². The molecule has 0 aliphatic heterocycles. The topological polar surface area (TPSA) is 68.5 Å². The Hall–Kier alpha value is -2.67. The third kappa shape index (κ3) is 3.94. The highest BCUT2D eigenvalue weighted by molar-refractivity contribution is 7.13. The highest BCUT2D eigenvalue weighted by Gasteiger charge is 2.23. The molecule has 3 aromatic rings. The van der Waals surface area contributed by atoms with E-state index in [4.69, 9.17) is 9.26 Å². The normalized spacial score (nSPS) is 14.4. The van der Waals surface area contributed by atoms with Gasteiger partial charge in [0, 0.05) is 7.05 Å². The van der Waals surface area contributed by atoms with Gasteiger partial charge in [-0.3, -0.25) is 4.79 Å². The van der Waals surface area contributed by atoms with Gasteiger partial charge >= 0.3 is 0 Å². The standard InChI is InChI=1S/C21H23N3O3S/c1-14(26-17-10-5-8-15-7-3-4-9-16(15)17)21(25)24(2)13-19-22-20(23-27-19)18-11-6-12-28-18/h5-6,8,10-12,14H,3-4,7,9,13H2,1-2H3/t14-/m1/s1. The minimum Gasteiger partial charge on any atom is -0.481 e. The highest BCUT2D eigenvalue weighted by atomic mass is 32.1. The summed E-state index contributed by atoms with van der Waals surface area (Å²) < 4.78 is 11.3. The molecule has 28 heavy (non-hydrogen) atoms. The Balaban J connectivity index is 1.40. The van der Waals surface area contributed by atoms with Crippen LogP contribution in [0.4, 0.5) is 0 Å². The van der Waals surface area contributed by atoms with E-state index in [1.165, 1.54) is 24.0 Å². The van der Waals surface area contributed by atoms with Crippen molar-refractivity contribution < 1.29 is 14.1 Å². The summed E-state index contributed by atoms with van der Waals surface area (Å²) in [5.74, 6) is 1.66. The van der Waals surface area contributed by atoms with Gasteiger partial charge in [0.15, 0.2) is 6.10 Å². The zero-order chi connectivity index (χ0) is 19.5. The number of hydrogen-bond donors (Lipinski definition) is 0. The van der Waals surface area contributed by atoms with Crippen LogP contribution >= 0.6 is 11.3 Å². The number of carbonyl (C=O) groups is 1. The van der Waals surface area contributed by atoms with Crippen molar-refractivity contribution in [2.75, 3.05) is 7.05 Å². The molecule has 146 valence electrons. The van der Waals surface area contributed by atoms with E-state index in [1.807, 2.05) is 29.6 Å². The van der Waals surface area contributed by atoms with Gasteiger partial charge in [0.05, 0.1) is 11.4 Å². The number of hydrogen-bond acceptors (Lipinski definition) is 6. The summed E-state index contributed by atoms with van der Waals surface area (Å²) in [6, 6.07) is 9.99. The number of thiophene rings is 1. The number of aryl methyl sites for hydroxylation is 1. The lowest BCUT2D eigenvalue weighted by Crippen LogP contribution is -2.37. The Labute approximate surface area is 168 Å². The van der Waals surface area contributed by atoms with Gasteiger partial charge in [-0.05, 0) is 61.2 Å². The third-order valence-corrected chi connectivity index (χ3v) is 5.83. The van der Waals surface area contributed by atoms with Crippen LogP contribution in [-0.2, 0) is 24.2 Å². The van der Waals surface area contributed by atoms with Gasteiger partial charge < -0.3 is 14.2 Å². The summed E-state index contributed by atoms with van der Waals surface area (Å²) in [5, 5.41) is 5.95. The SMILES string of the molecule is C[C@@H](Oc1cccc2c1CCCC2)C(=O)N(C)Cc1nc(-c2cccs2)no1. The van der Waals surface area contributed by atoms with Gasteiger partial charge in [-0.1, -0.05) is 23.4 Å². The average Bonchev–Trinajstić information content (AvgIpc) is 3.39. The van der Waals surface area contributed by atoms with Crippen molar-refractivity contribution in [1.82, 2.24) is 15.0 Å². The minimum absolute atomic E-state index is 0.121. The van der Waals surface area contributed by atoms with Crippen LogP contribution in [0.15, 0.2) is 40.2 Å². The lowest BCUT2D eigenvalue weighted by Gasteiger charge is -2.24. The molecule has 1 aromatic carbocycles. The molecule has 0 spiro atoms. The molecular weight excluding hydrogens is 374 g/mol. The molecule has 1 atom stereocenters. The van der Waals surface area contributed by atoms with E-state index in [9.17, 15) is 4.79 Å². The van der Waals surface area contributed by atoms with Crippen molar-refractivity contribution in [3.05, 3.63) is 52.7 Å². The number of likely N-dealkylation sites (N-methyl/N-ethyl adjacent to an activating group) is 1. The first-order chi connectivity index (χ1) is 13.6. The van der Waals surface area contributed by atoms with Crippen molar-refractivity contribution in [2.45, 2.75) is 45.3 Å². The van der Waals surface area contributed by atoms with Crippen LogP contribution in [0.3, 0.4) is 0 Å². The summed E-state index contributed by atoms with van der Waals surface area (Å²) in [6.07, 6.45) is 3.89. The van der Waals surface area contributed by atoms with Gasteiger partial charge in [0.2, 0.25) is 11.7 Å². The van der Waals surface area contributed by atoms with Gasteiger partial charge in [0.1, 0.15) is 5.75 Å². The van der Waals surface area contributed by atoms with E-state index in [0.29, 0.717) is 11.7 Å². The van der Waals surface area contributed by atoms with Gasteiger partial charge in [-0.2, -0.15) is 4.98 Å². The zero-order valence-corrected chi connectivity index (χ0v) is 16.9. The molecule has 1 amide bonds. The second kappa shape index (κ2) is 8.14. The lowest BCUT2D eigenvalue weighted by molar-refractivity contribution is -0.137. The smallest absolute Gasteiger partial charge is 0.263 e. The molecule has 0 saturated heterocycles. The van der Waals surface area contributed by atoms with Crippen LogP contribution < -0.4 is 4.74 Å². The number of aromatic nitrogens is 2. The molecule has 0 fully saturated rings. The quantitative estimate of drug-likeness (QED) is 0.626. The monoisotopic (exact) mass is 397 g/mol. The Morgan fingerprint density at radius 2 is 2.14 bits per heavy atom. The Kier molecular flexibility index (Phi) is 5.43. The molecule has 0 unspecified atom stereocenters. The Bertz CT molecular complexity index is 952. The van der Waals surface area contributed by atoms with Crippen molar-refractivity contribution in [2.24, 2.45) is 0 Å². The first kappa shape index (κ1) is 18.7. The summed E-state index contributed by atoms with van der Waals surface area (Å²) in [5.41, 5.74) is 2.58. The second-order valence-electron chi connectivity index (χ2n) is 7.04. The third-order valence-electron chi connectivity index (χ3n) is 4.96. The second-order valence-corrected chi connectivity index (χ2v) is 7.99. The zero-order valence-electron chi connectivity index (χ0n) is 16.1. The van der Waals surface area contributed by atoms with Crippen LogP contribution in [0.1, 0.15) is 36.8 Å². The molecule has 0 bridgehead atoms. The van der Waals surface area contributed by atoms with Crippen molar-refractivity contribution >= 4 is 17.2 Å². The first-order valence-corrected chi connectivity index (χ1v) is 10.4. The number of amides is 1. The predicted octanol–water partition coefficient (Wildman–Crippen LogP) is 4.10. The molecule has 2 heterocycles.